The smallest absolute Gasteiger partial charge is 0.329 e. The molecule has 0 saturated heterocycles. The lowest BCUT2D eigenvalue weighted by molar-refractivity contribution is -0.159. The van der Waals surface area contributed by atoms with Crippen molar-refractivity contribution in [1.82, 2.24) is 10.6 Å². The van der Waals surface area contributed by atoms with Crippen molar-refractivity contribution >= 4 is 35.7 Å². The molecule has 0 unspecified atom stereocenters. The zero-order valence-electron chi connectivity index (χ0n) is 33.9. The number of esters is 3. The van der Waals surface area contributed by atoms with E-state index in [-0.39, 0.29) is 44.0 Å². The summed E-state index contributed by atoms with van der Waals surface area (Å²) in [5, 5.41) is 14.6. The number of carboxylic acids is 1. The molecule has 2 amide bonds. The van der Waals surface area contributed by atoms with Gasteiger partial charge in [0.2, 0.25) is 11.8 Å². The molecule has 0 spiro atoms. The van der Waals surface area contributed by atoms with Gasteiger partial charge in [0.1, 0.15) is 28.9 Å². The van der Waals surface area contributed by atoms with E-state index in [0.717, 1.165) is 38.5 Å². The summed E-state index contributed by atoms with van der Waals surface area (Å²) in [6.07, 6.45) is 15.5. The van der Waals surface area contributed by atoms with Crippen molar-refractivity contribution in [2.24, 2.45) is 0 Å². The molecule has 0 bridgehead atoms. The van der Waals surface area contributed by atoms with Crippen molar-refractivity contribution in [3.05, 3.63) is 0 Å². The van der Waals surface area contributed by atoms with Crippen LogP contribution in [0.1, 0.15) is 191 Å². The molecule has 3 N–H and O–H groups in total. The maximum atomic E-state index is 12.9. The predicted octanol–water partition coefficient (Wildman–Crippen LogP) is 7.87. The summed E-state index contributed by atoms with van der Waals surface area (Å²) < 4.78 is 16.0. The Morgan fingerprint density at radius 2 is 0.769 bits per heavy atom. The molecule has 0 saturated carbocycles. The van der Waals surface area contributed by atoms with Crippen molar-refractivity contribution < 1.29 is 48.1 Å². The molecule has 0 aromatic heterocycles. The summed E-state index contributed by atoms with van der Waals surface area (Å²) in [5.41, 5.74) is -1.92. The average Bonchev–Trinajstić information content (AvgIpc) is 2.98. The molecule has 12 nitrogen and oxygen atoms in total. The SMILES string of the molecule is CC(C)(C)OC(=O)CCCCCCCCCCCCCCCCC(=O)N[C@@H](CCC(=O)N[C@@H](CCC(=O)OC(C)(C)C)C(=O)O)C(=O)OC(C)(C)C. The summed E-state index contributed by atoms with van der Waals surface area (Å²) in [6, 6.07) is -2.37. The molecular weight excluding hydrogens is 668 g/mol. The lowest BCUT2D eigenvalue weighted by Crippen LogP contribution is -2.46. The second-order valence-electron chi connectivity index (χ2n) is 16.8. The maximum Gasteiger partial charge on any atom is 0.329 e. The van der Waals surface area contributed by atoms with Crippen LogP contribution in [-0.2, 0) is 43.0 Å². The van der Waals surface area contributed by atoms with Crippen LogP contribution < -0.4 is 10.6 Å². The lowest BCUT2D eigenvalue weighted by Gasteiger charge is -2.25. The molecule has 0 aromatic rings. The van der Waals surface area contributed by atoms with Gasteiger partial charge >= 0.3 is 23.9 Å². The third-order valence-corrected chi connectivity index (χ3v) is 7.83. The highest BCUT2D eigenvalue weighted by Gasteiger charge is 2.29. The number of aliphatic carboxylic acids is 1. The number of amides is 2. The summed E-state index contributed by atoms with van der Waals surface area (Å²) >= 11 is 0. The van der Waals surface area contributed by atoms with Gasteiger partial charge in [0.15, 0.2) is 0 Å². The van der Waals surface area contributed by atoms with Crippen LogP contribution in [0.4, 0.5) is 0 Å². The van der Waals surface area contributed by atoms with E-state index in [0.29, 0.717) is 12.8 Å². The number of hydrogen-bond donors (Lipinski definition) is 3. The van der Waals surface area contributed by atoms with Gasteiger partial charge in [0, 0.05) is 25.7 Å². The van der Waals surface area contributed by atoms with Gasteiger partial charge in [-0.25, -0.2) is 9.59 Å². The fraction of sp³-hybridized carbons (Fsp3) is 0.850. The number of rotatable bonds is 27. The minimum absolute atomic E-state index is 0.0687. The van der Waals surface area contributed by atoms with Crippen molar-refractivity contribution in [2.75, 3.05) is 0 Å². The molecule has 2 atom stereocenters. The molecule has 0 heterocycles. The Bertz CT molecular complexity index is 1090. The Morgan fingerprint density at radius 3 is 1.17 bits per heavy atom. The van der Waals surface area contributed by atoms with Gasteiger partial charge in [-0.3, -0.25) is 19.2 Å². The molecule has 0 aliphatic carbocycles. The van der Waals surface area contributed by atoms with Gasteiger partial charge in [-0.1, -0.05) is 77.0 Å². The van der Waals surface area contributed by atoms with E-state index in [4.69, 9.17) is 14.2 Å². The van der Waals surface area contributed by atoms with Crippen molar-refractivity contribution in [2.45, 2.75) is 220 Å². The van der Waals surface area contributed by atoms with Gasteiger partial charge in [0.25, 0.3) is 0 Å². The fourth-order valence-electron chi connectivity index (χ4n) is 5.41. The molecule has 0 rings (SSSR count). The first kappa shape index (κ1) is 48.8. The summed E-state index contributed by atoms with van der Waals surface area (Å²) in [5.74, 6) is -3.56. The predicted molar refractivity (Wildman–Crippen MR) is 201 cm³/mol. The summed E-state index contributed by atoms with van der Waals surface area (Å²) in [7, 11) is 0. The molecule has 52 heavy (non-hydrogen) atoms. The van der Waals surface area contributed by atoms with E-state index in [1.807, 2.05) is 20.8 Å². The number of carbonyl (C=O) groups is 6. The highest BCUT2D eigenvalue weighted by atomic mass is 16.6. The Kier molecular flexibility index (Phi) is 24.2. The van der Waals surface area contributed by atoms with Crippen LogP contribution in [-0.4, -0.2) is 69.7 Å². The number of carboxylic acid groups (broad SMARTS) is 1. The van der Waals surface area contributed by atoms with E-state index < -0.39 is 52.7 Å². The number of hydrogen-bond acceptors (Lipinski definition) is 9. The summed E-state index contributed by atoms with van der Waals surface area (Å²) in [4.78, 5) is 73.7. The fourth-order valence-corrected chi connectivity index (χ4v) is 5.41. The Morgan fingerprint density at radius 1 is 0.442 bits per heavy atom. The Labute approximate surface area is 313 Å². The molecular formula is C40H72N2O10. The lowest BCUT2D eigenvalue weighted by atomic mass is 10.0. The van der Waals surface area contributed by atoms with Gasteiger partial charge in [-0.05, 0) is 88.0 Å². The number of unbranched alkanes of at least 4 members (excludes halogenated alkanes) is 13. The highest BCUT2D eigenvalue weighted by molar-refractivity contribution is 5.87. The monoisotopic (exact) mass is 741 g/mol. The molecule has 0 fully saturated rings. The molecule has 0 radical (unpaired) electrons. The molecule has 0 aliphatic heterocycles. The number of nitrogens with one attached hydrogen (secondary N) is 2. The minimum atomic E-state index is -1.31. The van der Waals surface area contributed by atoms with E-state index in [1.54, 1.807) is 41.5 Å². The van der Waals surface area contributed by atoms with Gasteiger partial charge in [0.05, 0.1) is 0 Å². The van der Waals surface area contributed by atoms with Gasteiger partial charge in [-0.15, -0.1) is 0 Å². The second-order valence-corrected chi connectivity index (χ2v) is 16.8. The van der Waals surface area contributed by atoms with E-state index in [9.17, 15) is 33.9 Å². The maximum absolute atomic E-state index is 12.9. The minimum Gasteiger partial charge on any atom is -0.480 e. The molecule has 12 heteroatoms. The first-order valence-corrected chi connectivity index (χ1v) is 19.6. The zero-order chi connectivity index (χ0) is 39.8. The Hall–Kier alpha value is -3.18. The van der Waals surface area contributed by atoms with E-state index >= 15 is 0 Å². The zero-order valence-corrected chi connectivity index (χ0v) is 33.9. The van der Waals surface area contributed by atoms with E-state index in [1.165, 1.54) is 44.9 Å². The Balaban J connectivity index is 4.33. The van der Waals surface area contributed by atoms with Crippen LogP contribution in [0.15, 0.2) is 0 Å². The topological polar surface area (TPSA) is 174 Å². The normalized spacial score (nSPS) is 13.1. The largest absolute Gasteiger partial charge is 0.480 e. The van der Waals surface area contributed by atoms with Crippen LogP contribution in [0.2, 0.25) is 0 Å². The standard InChI is InChI=1S/C40H72N2O10/c1-38(2,3)50-34(45)25-23-21-19-17-15-13-11-10-12-14-16-18-20-22-24-32(43)42-31(37(49)52-40(7,8)9)26-28-33(44)41-30(36(47)48)27-29-35(46)51-39(4,5)6/h30-31H,10-29H2,1-9H3,(H,41,44)(H,42,43)(H,47,48)/t30-,31-/m0/s1. The van der Waals surface area contributed by atoms with Crippen molar-refractivity contribution in [1.29, 1.82) is 0 Å². The third-order valence-electron chi connectivity index (χ3n) is 7.83. The first-order chi connectivity index (χ1) is 24.1. The number of carbonyl (C=O) groups excluding carboxylic acids is 5. The van der Waals surface area contributed by atoms with Gasteiger partial charge < -0.3 is 30.0 Å². The van der Waals surface area contributed by atoms with Crippen LogP contribution in [0.5, 0.6) is 0 Å². The van der Waals surface area contributed by atoms with Crippen LogP contribution in [0.3, 0.4) is 0 Å². The van der Waals surface area contributed by atoms with Crippen LogP contribution in [0, 0.1) is 0 Å². The molecule has 0 aromatic carbocycles. The number of ether oxygens (including phenoxy) is 3. The van der Waals surface area contributed by atoms with Crippen LogP contribution >= 0.6 is 0 Å². The van der Waals surface area contributed by atoms with Crippen molar-refractivity contribution in [3.8, 4) is 0 Å². The van der Waals surface area contributed by atoms with Crippen molar-refractivity contribution in [3.63, 3.8) is 0 Å². The quantitative estimate of drug-likeness (QED) is 0.0427. The molecule has 0 aliphatic rings. The van der Waals surface area contributed by atoms with Gasteiger partial charge in [-0.2, -0.15) is 0 Å². The summed E-state index contributed by atoms with van der Waals surface area (Å²) in [6.45, 7) is 15.9. The average molecular weight is 741 g/mol. The highest BCUT2D eigenvalue weighted by Crippen LogP contribution is 2.16. The first-order valence-electron chi connectivity index (χ1n) is 19.6. The van der Waals surface area contributed by atoms with E-state index in [2.05, 4.69) is 10.6 Å². The second kappa shape index (κ2) is 25.7. The molecule has 302 valence electrons. The third kappa shape index (κ3) is 30.4. The van der Waals surface area contributed by atoms with Crippen LogP contribution in [0.25, 0.3) is 0 Å².